The lowest BCUT2D eigenvalue weighted by Crippen LogP contribution is -2.43. The van der Waals surface area contributed by atoms with Crippen molar-refractivity contribution in [2.75, 3.05) is 13.7 Å². The Morgan fingerprint density at radius 1 is 1.48 bits per heavy atom. The van der Waals surface area contributed by atoms with Gasteiger partial charge < -0.3 is 20.3 Å². The Balaban J connectivity index is 1.96. The third kappa shape index (κ3) is 4.25. The Hall–Kier alpha value is -0.970. The summed E-state index contributed by atoms with van der Waals surface area (Å²) in [5.41, 5.74) is 0.0301. The largest absolute Gasteiger partial charge is 0.504 e. The number of nitrogens with one attached hydrogen (secondary N) is 1. The molecular weight excluding hydrogens is 290 g/mol. The number of ether oxygens (including phenoxy) is 1. The molecule has 1 aromatic rings. The highest BCUT2D eigenvalue weighted by Crippen LogP contribution is 2.34. The molecule has 0 spiro atoms. The smallest absolute Gasteiger partial charge is 0.162 e. The lowest BCUT2D eigenvalue weighted by Gasteiger charge is -2.35. The molecule has 1 aliphatic carbocycles. The average molecular weight is 314 g/mol. The molecule has 118 valence electrons. The molecule has 1 saturated carbocycles. The summed E-state index contributed by atoms with van der Waals surface area (Å²) in [5.74, 6) is 1.02. The topological polar surface area (TPSA) is 61.7 Å². The van der Waals surface area contributed by atoms with Crippen LogP contribution < -0.4 is 10.1 Å². The second-order valence-corrected chi connectivity index (χ2v) is 6.58. The van der Waals surface area contributed by atoms with E-state index in [2.05, 4.69) is 12.2 Å². The van der Waals surface area contributed by atoms with Gasteiger partial charge in [-0.1, -0.05) is 31.4 Å². The van der Waals surface area contributed by atoms with Crippen LogP contribution in [0.4, 0.5) is 0 Å². The average Bonchev–Trinajstić information content (AvgIpc) is 2.41. The van der Waals surface area contributed by atoms with Crippen molar-refractivity contribution < 1.29 is 14.9 Å². The summed E-state index contributed by atoms with van der Waals surface area (Å²) >= 11 is 6.01. The SMILES string of the molecule is COc1cc(Cl)cc(CNCC2(O)CCCC(C)C2)c1O. The van der Waals surface area contributed by atoms with Gasteiger partial charge in [-0.05, 0) is 24.8 Å². The van der Waals surface area contributed by atoms with E-state index in [0.29, 0.717) is 35.3 Å². The zero-order chi connectivity index (χ0) is 15.5. The number of halogens is 1. The van der Waals surface area contributed by atoms with Gasteiger partial charge in [-0.25, -0.2) is 0 Å². The Morgan fingerprint density at radius 2 is 2.24 bits per heavy atom. The van der Waals surface area contributed by atoms with Crippen molar-refractivity contribution in [2.45, 2.75) is 44.8 Å². The number of methoxy groups -OCH3 is 1. The number of phenols is 1. The molecule has 5 heteroatoms. The maximum absolute atomic E-state index is 10.6. The third-order valence-corrected chi connectivity index (χ3v) is 4.39. The molecule has 0 aromatic heterocycles. The molecule has 2 unspecified atom stereocenters. The van der Waals surface area contributed by atoms with Crippen LogP contribution in [-0.4, -0.2) is 29.5 Å². The molecule has 1 fully saturated rings. The van der Waals surface area contributed by atoms with Gasteiger partial charge in [0.15, 0.2) is 11.5 Å². The van der Waals surface area contributed by atoms with Gasteiger partial charge in [-0.3, -0.25) is 0 Å². The predicted octanol–water partition coefficient (Wildman–Crippen LogP) is 3.09. The van der Waals surface area contributed by atoms with E-state index in [9.17, 15) is 10.2 Å². The number of rotatable bonds is 5. The van der Waals surface area contributed by atoms with Gasteiger partial charge in [0.2, 0.25) is 0 Å². The third-order valence-electron chi connectivity index (χ3n) is 4.18. The van der Waals surface area contributed by atoms with Crippen LogP contribution in [0.15, 0.2) is 12.1 Å². The molecule has 3 N–H and O–H groups in total. The van der Waals surface area contributed by atoms with Crippen LogP contribution in [-0.2, 0) is 6.54 Å². The molecule has 1 aliphatic rings. The fourth-order valence-electron chi connectivity index (χ4n) is 3.14. The zero-order valence-electron chi connectivity index (χ0n) is 12.7. The van der Waals surface area contributed by atoms with Crippen LogP contribution in [0.2, 0.25) is 5.02 Å². The van der Waals surface area contributed by atoms with Gasteiger partial charge >= 0.3 is 0 Å². The minimum atomic E-state index is -0.643. The van der Waals surface area contributed by atoms with Crippen molar-refractivity contribution in [1.82, 2.24) is 5.32 Å². The van der Waals surface area contributed by atoms with Gasteiger partial charge in [0.1, 0.15) is 0 Å². The number of aliphatic hydroxyl groups is 1. The molecule has 0 saturated heterocycles. The van der Waals surface area contributed by atoms with Crippen molar-refractivity contribution in [1.29, 1.82) is 0 Å². The number of hydrogen-bond donors (Lipinski definition) is 3. The Morgan fingerprint density at radius 3 is 2.90 bits per heavy atom. The molecule has 2 atom stereocenters. The minimum absolute atomic E-state index is 0.0957. The van der Waals surface area contributed by atoms with Crippen molar-refractivity contribution in [3.63, 3.8) is 0 Å². The fraction of sp³-hybridized carbons (Fsp3) is 0.625. The zero-order valence-corrected chi connectivity index (χ0v) is 13.4. The monoisotopic (exact) mass is 313 g/mol. The first-order chi connectivity index (χ1) is 9.93. The van der Waals surface area contributed by atoms with E-state index in [4.69, 9.17) is 16.3 Å². The summed E-state index contributed by atoms with van der Waals surface area (Å²) in [6.45, 7) is 3.14. The lowest BCUT2D eigenvalue weighted by atomic mass is 9.79. The van der Waals surface area contributed by atoms with Crippen LogP contribution in [0.3, 0.4) is 0 Å². The van der Waals surface area contributed by atoms with Gasteiger partial charge in [-0.15, -0.1) is 0 Å². The molecule has 0 radical (unpaired) electrons. The van der Waals surface area contributed by atoms with E-state index in [0.717, 1.165) is 19.3 Å². The molecule has 1 aromatic carbocycles. The van der Waals surface area contributed by atoms with Gasteiger partial charge in [0.25, 0.3) is 0 Å². The highest BCUT2D eigenvalue weighted by atomic mass is 35.5. The van der Waals surface area contributed by atoms with Crippen LogP contribution in [0.1, 0.15) is 38.2 Å². The summed E-state index contributed by atoms with van der Waals surface area (Å²) < 4.78 is 5.09. The standard InChI is InChI=1S/C16H24ClNO3/c1-11-4-3-5-16(20,8-11)10-18-9-12-6-13(17)7-14(21-2)15(12)19/h6-7,11,18-20H,3-5,8-10H2,1-2H3. The summed E-state index contributed by atoms with van der Waals surface area (Å²) in [6, 6.07) is 3.29. The Labute approximate surface area is 131 Å². The summed E-state index contributed by atoms with van der Waals surface area (Å²) in [6.07, 6.45) is 3.91. The highest BCUT2D eigenvalue weighted by Gasteiger charge is 2.32. The maximum atomic E-state index is 10.6. The Bertz CT molecular complexity index is 495. The molecular formula is C16H24ClNO3. The van der Waals surface area contributed by atoms with Crippen molar-refractivity contribution in [3.8, 4) is 11.5 Å². The molecule has 0 amide bonds. The van der Waals surface area contributed by atoms with E-state index in [1.807, 2.05) is 0 Å². The quantitative estimate of drug-likeness (QED) is 0.782. The summed E-state index contributed by atoms with van der Waals surface area (Å²) in [4.78, 5) is 0. The van der Waals surface area contributed by atoms with E-state index < -0.39 is 5.60 Å². The number of hydrogen-bond acceptors (Lipinski definition) is 4. The van der Waals surface area contributed by atoms with Crippen LogP contribution >= 0.6 is 11.6 Å². The van der Waals surface area contributed by atoms with E-state index in [-0.39, 0.29) is 5.75 Å². The number of phenolic OH excluding ortho intramolecular Hbond substituents is 1. The van der Waals surface area contributed by atoms with Gasteiger partial charge in [0, 0.05) is 29.7 Å². The maximum Gasteiger partial charge on any atom is 0.162 e. The van der Waals surface area contributed by atoms with Crippen molar-refractivity contribution in [2.24, 2.45) is 5.92 Å². The normalized spacial score (nSPS) is 25.8. The van der Waals surface area contributed by atoms with E-state index in [1.54, 1.807) is 12.1 Å². The number of benzene rings is 1. The van der Waals surface area contributed by atoms with Gasteiger partial charge in [-0.2, -0.15) is 0 Å². The van der Waals surface area contributed by atoms with E-state index >= 15 is 0 Å². The molecule has 2 rings (SSSR count). The first-order valence-electron chi connectivity index (χ1n) is 7.42. The minimum Gasteiger partial charge on any atom is -0.504 e. The molecule has 21 heavy (non-hydrogen) atoms. The molecule has 4 nitrogen and oxygen atoms in total. The fourth-order valence-corrected chi connectivity index (χ4v) is 3.37. The van der Waals surface area contributed by atoms with Crippen LogP contribution in [0.25, 0.3) is 0 Å². The highest BCUT2D eigenvalue weighted by molar-refractivity contribution is 6.30. The summed E-state index contributed by atoms with van der Waals surface area (Å²) in [7, 11) is 1.49. The van der Waals surface area contributed by atoms with Crippen molar-refractivity contribution >= 4 is 11.6 Å². The van der Waals surface area contributed by atoms with Gasteiger partial charge in [0.05, 0.1) is 12.7 Å². The second kappa shape index (κ2) is 6.86. The van der Waals surface area contributed by atoms with Crippen molar-refractivity contribution in [3.05, 3.63) is 22.7 Å². The number of aromatic hydroxyl groups is 1. The molecule has 0 bridgehead atoms. The Kier molecular flexibility index (Phi) is 5.36. The van der Waals surface area contributed by atoms with E-state index in [1.165, 1.54) is 13.5 Å². The lowest BCUT2D eigenvalue weighted by molar-refractivity contribution is -0.0119. The summed E-state index contributed by atoms with van der Waals surface area (Å²) in [5, 5.41) is 24.4. The predicted molar refractivity (Wildman–Crippen MR) is 84.0 cm³/mol. The van der Waals surface area contributed by atoms with Crippen LogP contribution in [0, 0.1) is 5.92 Å². The molecule has 0 heterocycles. The molecule has 0 aliphatic heterocycles. The second-order valence-electron chi connectivity index (χ2n) is 6.15. The first kappa shape index (κ1) is 16.4. The first-order valence-corrected chi connectivity index (χ1v) is 7.80. The van der Waals surface area contributed by atoms with Crippen LogP contribution in [0.5, 0.6) is 11.5 Å².